The molecule has 1 saturated carbocycles. The van der Waals surface area contributed by atoms with Gasteiger partial charge >= 0.3 is 0 Å². The lowest BCUT2D eigenvalue weighted by molar-refractivity contribution is 0.441. The molecule has 0 bridgehead atoms. The summed E-state index contributed by atoms with van der Waals surface area (Å²) in [7, 11) is -2.80. The molecule has 0 saturated heterocycles. The zero-order valence-corrected chi connectivity index (χ0v) is 13.5. The summed E-state index contributed by atoms with van der Waals surface area (Å²) in [5.74, 6) is 0. The minimum Gasteiger partial charge on any atom is -0.315 e. The Kier molecular flexibility index (Phi) is 3.46. The molecule has 0 radical (unpaired) electrons. The third-order valence-corrected chi connectivity index (χ3v) is 7.44. The molecular weight excluding hydrogens is 291 g/mol. The molecule has 22 heavy (non-hydrogen) atoms. The van der Waals surface area contributed by atoms with E-state index in [0.29, 0.717) is 6.04 Å². The highest BCUT2D eigenvalue weighted by atomic mass is 31.2. The summed E-state index contributed by atoms with van der Waals surface area (Å²) in [4.78, 5) is 0. The van der Waals surface area contributed by atoms with E-state index in [1.54, 1.807) is 0 Å². The standard InChI is InChI=1S/C18H21N2OP/c21-22(16-11-5-2-6-12-16)19-17-13-7-8-14-18(17)20(22)15-9-3-1-4-10-15/h2,5-8,11-15H,1,3-4,9-10H2,(H,19,21)/t22-/m0/s1. The fourth-order valence-electron chi connectivity index (χ4n) is 3.71. The number of para-hydroxylation sites is 2. The van der Waals surface area contributed by atoms with Gasteiger partial charge in [0.1, 0.15) is 0 Å². The van der Waals surface area contributed by atoms with Crippen molar-refractivity contribution in [1.29, 1.82) is 0 Å². The molecule has 0 amide bonds. The minimum absolute atomic E-state index is 0.371. The number of anilines is 2. The second-order valence-electron chi connectivity index (χ2n) is 6.18. The molecule has 1 fully saturated rings. The maximum Gasteiger partial charge on any atom is 0.290 e. The Morgan fingerprint density at radius 3 is 2.36 bits per heavy atom. The van der Waals surface area contributed by atoms with E-state index in [1.165, 1.54) is 19.3 Å². The molecule has 114 valence electrons. The molecule has 0 spiro atoms. The van der Waals surface area contributed by atoms with E-state index in [1.807, 2.05) is 48.5 Å². The zero-order chi connectivity index (χ0) is 15.0. The van der Waals surface area contributed by atoms with Crippen molar-refractivity contribution in [3.8, 4) is 0 Å². The lowest BCUT2D eigenvalue weighted by Gasteiger charge is -2.36. The van der Waals surface area contributed by atoms with Crippen LogP contribution in [0.2, 0.25) is 0 Å². The van der Waals surface area contributed by atoms with E-state index < -0.39 is 7.44 Å². The van der Waals surface area contributed by atoms with Crippen molar-refractivity contribution in [3.05, 3.63) is 54.6 Å². The van der Waals surface area contributed by atoms with Crippen LogP contribution in [0.3, 0.4) is 0 Å². The quantitative estimate of drug-likeness (QED) is 0.811. The van der Waals surface area contributed by atoms with Crippen LogP contribution in [-0.2, 0) is 4.57 Å². The van der Waals surface area contributed by atoms with E-state index in [0.717, 1.165) is 29.5 Å². The number of nitrogens with zero attached hydrogens (tertiary/aromatic N) is 1. The predicted molar refractivity (Wildman–Crippen MR) is 93.1 cm³/mol. The van der Waals surface area contributed by atoms with Gasteiger partial charge in [-0.1, -0.05) is 49.6 Å². The summed E-state index contributed by atoms with van der Waals surface area (Å²) in [6.45, 7) is 0. The van der Waals surface area contributed by atoms with Gasteiger partial charge in [0.25, 0.3) is 7.44 Å². The van der Waals surface area contributed by atoms with Crippen molar-refractivity contribution in [1.82, 2.24) is 0 Å². The second-order valence-corrected chi connectivity index (χ2v) is 8.50. The van der Waals surface area contributed by atoms with Crippen LogP contribution in [0.4, 0.5) is 11.4 Å². The number of fused-ring (bicyclic) bond motifs is 1. The van der Waals surface area contributed by atoms with Gasteiger partial charge in [0, 0.05) is 6.04 Å². The normalized spacial score (nSPS) is 24.8. The Labute approximate surface area is 131 Å². The van der Waals surface area contributed by atoms with E-state index in [-0.39, 0.29) is 0 Å². The smallest absolute Gasteiger partial charge is 0.290 e. The molecule has 2 aromatic carbocycles. The molecule has 2 aliphatic rings. The van der Waals surface area contributed by atoms with Gasteiger partial charge in [-0.25, -0.2) is 0 Å². The molecule has 1 aliphatic carbocycles. The molecule has 1 heterocycles. The lowest BCUT2D eigenvalue weighted by Crippen LogP contribution is -2.36. The fraction of sp³-hybridized carbons (Fsp3) is 0.333. The molecule has 4 heteroatoms. The Morgan fingerprint density at radius 1 is 0.909 bits per heavy atom. The van der Waals surface area contributed by atoms with E-state index in [9.17, 15) is 4.57 Å². The fourth-order valence-corrected chi connectivity index (χ4v) is 6.45. The minimum atomic E-state index is -2.80. The Morgan fingerprint density at radius 2 is 1.59 bits per heavy atom. The summed E-state index contributed by atoms with van der Waals surface area (Å²) < 4.78 is 16.1. The first kappa shape index (κ1) is 13.9. The maximum absolute atomic E-state index is 13.9. The van der Waals surface area contributed by atoms with Crippen molar-refractivity contribution in [2.45, 2.75) is 38.1 Å². The van der Waals surface area contributed by atoms with E-state index in [2.05, 4.69) is 15.8 Å². The molecule has 3 nitrogen and oxygen atoms in total. The van der Waals surface area contributed by atoms with Gasteiger partial charge in [0.15, 0.2) is 0 Å². The molecule has 0 unspecified atom stereocenters. The van der Waals surface area contributed by atoms with Crippen LogP contribution in [0, 0.1) is 0 Å². The average Bonchev–Trinajstić information content (AvgIpc) is 2.90. The number of hydrogen-bond donors (Lipinski definition) is 1. The molecular formula is C18H21N2OP. The third-order valence-electron chi connectivity index (χ3n) is 4.75. The third kappa shape index (κ3) is 2.16. The maximum atomic E-state index is 13.9. The Balaban J connectivity index is 1.82. The zero-order valence-electron chi connectivity index (χ0n) is 12.6. The number of benzene rings is 2. The van der Waals surface area contributed by atoms with Gasteiger partial charge in [-0.15, -0.1) is 0 Å². The van der Waals surface area contributed by atoms with E-state index in [4.69, 9.17) is 0 Å². The summed E-state index contributed by atoms with van der Waals surface area (Å²) in [6, 6.07) is 18.4. The van der Waals surface area contributed by atoms with Crippen LogP contribution in [0.15, 0.2) is 54.6 Å². The topological polar surface area (TPSA) is 32.3 Å². The first-order chi connectivity index (χ1) is 10.8. The van der Waals surface area contributed by atoms with Gasteiger partial charge in [0.2, 0.25) is 0 Å². The van der Waals surface area contributed by atoms with Crippen molar-refractivity contribution < 1.29 is 4.57 Å². The Bertz CT molecular complexity index is 710. The van der Waals surface area contributed by atoms with Crippen LogP contribution < -0.4 is 15.1 Å². The van der Waals surface area contributed by atoms with Gasteiger partial charge in [0.05, 0.1) is 16.7 Å². The van der Waals surface area contributed by atoms with Crippen molar-refractivity contribution in [3.63, 3.8) is 0 Å². The summed E-state index contributed by atoms with van der Waals surface area (Å²) >= 11 is 0. The largest absolute Gasteiger partial charge is 0.315 e. The predicted octanol–water partition coefficient (Wildman–Crippen LogP) is 4.77. The number of rotatable bonds is 2. The molecule has 2 aromatic rings. The lowest BCUT2D eigenvalue weighted by atomic mass is 9.95. The second kappa shape index (κ2) is 5.48. The highest BCUT2D eigenvalue weighted by Crippen LogP contribution is 2.61. The van der Waals surface area contributed by atoms with E-state index >= 15 is 0 Å². The highest BCUT2D eigenvalue weighted by molar-refractivity contribution is 7.75. The molecule has 4 rings (SSSR count). The first-order valence-corrected chi connectivity index (χ1v) is 9.78. The van der Waals surface area contributed by atoms with Gasteiger partial charge in [-0.2, -0.15) is 0 Å². The summed E-state index contributed by atoms with van der Waals surface area (Å²) in [5.41, 5.74) is 2.10. The molecule has 1 aliphatic heterocycles. The SMILES string of the molecule is O=[P@@]1(c2ccccc2)Nc2ccccc2N1C1CCCCC1. The van der Waals surface area contributed by atoms with Crippen LogP contribution in [0.5, 0.6) is 0 Å². The average molecular weight is 312 g/mol. The van der Waals surface area contributed by atoms with Crippen LogP contribution in [0.1, 0.15) is 32.1 Å². The molecule has 0 aromatic heterocycles. The van der Waals surface area contributed by atoms with Crippen molar-refractivity contribution in [2.75, 3.05) is 9.76 Å². The monoisotopic (exact) mass is 312 g/mol. The van der Waals surface area contributed by atoms with Gasteiger partial charge in [-0.05, 0) is 37.1 Å². The summed E-state index contributed by atoms with van der Waals surface area (Å²) in [6.07, 6.45) is 6.03. The van der Waals surface area contributed by atoms with Crippen molar-refractivity contribution in [2.24, 2.45) is 0 Å². The molecule has 1 N–H and O–H groups in total. The van der Waals surface area contributed by atoms with Crippen LogP contribution >= 0.6 is 7.44 Å². The highest BCUT2D eigenvalue weighted by Gasteiger charge is 2.44. The number of hydrogen-bond acceptors (Lipinski definition) is 1. The number of nitrogens with one attached hydrogen (secondary N) is 1. The van der Waals surface area contributed by atoms with Gasteiger partial charge in [-0.3, -0.25) is 9.24 Å². The summed E-state index contributed by atoms with van der Waals surface area (Å²) in [5, 5.41) is 4.26. The Hall–Kier alpha value is -1.73. The van der Waals surface area contributed by atoms with Gasteiger partial charge < -0.3 is 5.09 Å². The molecule has 1 atom stereocenters. The van der Waals surface area contributed by atoms with Crippen molar-refractivity contribution >= 4 is 24.1 Å². The first-order valence-electron chi connectivity index (χ1n) is 8.12. The van der Waals surface area contributed by atoms with Crippen LogP contribution in [0.25, 0.3) is 0 Å². The van der Waals surface area contributed by atoms with Crippen LogP contribution in [-0.4, -0.2) is 6.04 Å².